The quantitative estimate of drug-likeness (QED) is 0.812. The van der Waals surface area contributed by atoms with E-state index in [0.29, 0.717) is 5.16 Å². The van der Waals surface area contributed by atoms with Crippen LogP contribution in [0.1, 0.15) is 40.0 Å². The average molecular weight is 298 g/mol. The number of anilines is 1. The van der Waals surface area contributed by atoms with Crippen molar-refractivity contribution in [1.29, 1.82) is 0 Å². The van der Waals surface area contributed by atoms with Crippen LogP contribution in [-0.4, -0.2) is 43.7 Å². The highest BCUT2D eigenvalue weighted by Gasteiger charge is 2.35. The predicted octanol–water partition coefficient (Wildman–Crippen LogP) is 2.24. The molecule has 0 saturated carbocycles. The molecule has 112 valence electrons. The van der Waals surface area contributed by atoms with Crippen LogP contribution in [0.4, 0.5) is 5.95 Å². The number of hydrogen-bond acceptors (Lipinski definition) is 5. The SMILES string of the molecule is CCCn1c(SCC(=O)O)nnc1N1CCCC1(C)C. The van der Waals surface area contributed by atoms with Gasteiger partial charge in [0.2, 0.25) is 5.95 Å². The Hall–Kier alpha value is -1.24. The van der Waals surface area contributed by atoms with E-state index in [1.165, 1.54) is 11.8 Å². The van der Waals surface area contributed by atoms with Gasteiger partial charge in [0.15, 0.2) is 5.16 Å². The van der Waals surface area contributed by atoms with Gasteiger partial charge in [-0.15, -0.1) is 10.2 Å². The monoisotopic (exact) mass is 298 g/mol. The normalized spacial score (nSPS) is 17.6. The van der Waals surface area contributed by atoms with Crippen molar-refractivity contribution in [3.63, 3.8) is 0 Å². The number of hydrogen-bond donors (Lipinski definition) is 1. The Bertz CT molecular complexity index is 487. The fourth-order valence-corrected chi connectivity index (χ4v) is 3.29. The number of carboxylic acids is 1. The molecular weight excluding hydrogens is 276 g/mol. The lowest BCUT2D eigenvalue weighted by Crippen LogP contribution is -2.40. The first-order valence-corrected chi connectivity index (χ1v) is 7.99. The first kappa shape index (κ1) is 15.2. The van der Waals surface area contributed by atoms with Crippen molar-refractivity contribution >= 4 is 23.7 Å². The highest BCUT2D eigenvalue weighted by atomic mass is 32.2. The summed E-state index contributed by atoms with van der Waals surface area (Å²) in [5.41, 5.74) is 0.0905. The molecule has 0 amide bonds. The Morgan fingerprint density at radius 1 is 1.45 bits per heavy atom. The van der Waals surface area contributed by atoms with Crippen molar-refractivity contribution in [2.45, 2.75) is 57.3 Å². The fraction of sp³-hybridized carbons (Fsp3) is 0.769. The van der Waals surface area contributed by atoms with E-state index in [2.05, 4.69) is 40.4 Å². The minimum absolute atomic E-state index is 0.0191. The molecule has 1 aromatic heterocycles. The van der Waals surface area contributed by atoms with Crippen LogP contribution in [0.15, 0.2) is 5.16 Å². The second-order valence-electron chi connectivity index (χ2n) is 5.68. The van der Waals surface area contributed by atoms with Crippen molar-refractivity contribution < 1.29 is 9.90 Å². The van der Waals surface area contributed by atoms with Crippen LogP contribution in [0.5, 0.6) is 0 Å². The van der Waals surface area contributed by atoms with Crippen LogP contribution >= 0.6 is 11.8 Å². The first-order chi connectivity index (χ1) is 9.45. The Morgan fingerprint density at radius 2 is 2.20 bits per heavy atom. The van der Waals surface area contributed by atoms with Crippen LogP contribution in [0, 0.1) is 0 Å². The molecule has 7 heteroatoms. The number of aliphatic carboxylic acids is 1. The minimum Gasteiger partial charge on any atom is -0.481 e. The number of nitrogens with zero attached hydrogens (tertiary/aromatic N) is 4. The van der Waals surface area contributed by atoms with Gasteiger partial charge >= 0.3 is 5.97 Å². The molecule has 0 bridgehead atoms. The van der Waals surface area contributed by atoms with Crippen molar-refractivity contribution in [2.75, 3.05) is 17.2 Å². The summed E-state index contributed by atoms with van der Waals surface area (Å²) in [7, 11) is 0. The zero-order valence-corrected chi connectivity index (χ0v) is 13.1. The number of thioether (sulfide) groups is 1. The third-order valence-electron chi connectivity index (χ3n) is 3.61. The average Bonchev–Trinajstić information content (AvgIpc) is 2.90. The molecule has 0 aromatic carbocycles. The van der Waals surface area contributed by atoms with E-state index in [4.69, 9.17) is 5.11 Å². The van der Waals surface area contributed by atoms with Gasteiger partial charge in [0.25, 0.3) is 0 Å². The Labute approximate surface area is 123 Å². The molecule has 1 fully saturated rings. The zero-order valence-electron chi connectivity index (χ0n) is 12.3. The van der Waals surface area contributed by atoms with E-state index in [1.807, 2.05) is 0 Å². The minimum atomic E-state index is -0.830. The third kappa shape index (κ3) is 3.08. The predicted molar refractivity (Wildman–Crippen MR) is 79.3 cm³/mol. The third-order valence-corrected chi connectivity index (χ3v) is 4.56. The molecule has 0 spiro atoms. The van der Waals surface area contributed by atoms with E-state index in [0.717, 1.165) is 38.3 Å². The lowest BCUT2D eigenvalue weighted by atomic mass is 10.0. The van der Waals surface area contributed by atoms with Gasteiger partial charge in [-0.25, -0.2) is 0 Å². The largest absolute Gasteiger partial charge is 0.481 e. The van der Waals surface area contributed by atoms with Crippen LogP contribution in [-0.2, 0) is 11.3 Å². The highest BCUT2D eigenvalue weighted by Crippen LogP contribution is 2.34. The van der Waals surface area contributed by atoms with Gasteiger partial charge < -0.3 is 10.0 Å². The van der Waals surface area contributed by atoms with Crippen LogP contribution in [0.2, 0.25) is 0 Å². The maximum Gasteiger partial charge on any atom is 0.313 e. The van der Waals surface area contributed by atoms with Gasteiger partial charge in [-0.05, 0) is 33.1 Å². The van der Waals surface area contributed by atoms with Gasteiger partial charge in [0, 0.05) is 18.6 Å². The lowest BCUT2D eigenvalue weighted by molar-refractivity contribution is -0.133. The number of carboxylic acid groups (broad SMARTS) is 1. The summed E-state index contributed by atoms with van der Waals surface area (Å²) >= 11 is 1.24. The first-order valence-electron chi connectivity index (χ1n) is 7.01. The summed E-state index contributed by atoms with van der Waals surface area (Å²) < 4.78 is 2.06. The van der Waals surface area contributed by atoms with Gasteiger partial charge in [0.05, 0.1) is 5.75 Å². The highest BCUT2D eigenvalue weighted by molar-refractivity contribution is 7.99. The fourth-order valence-electron chi connectivity index (χ4n) is 2.61. The van der Waals surface area contributed by atoms with Crippen LogP contribution in [0.3, 0.4) is 0 Å². The Balaban J connectivity index is 2.26. The Kier molecular flexibility index (Phi) is 4.57. The second kappa shape index (κ2) is 6.03. The van der Waals surface area contributed by atoms with E-state index in [9.17, 15) is 4.79 Å². The lowest BCUT2D eigenvalue weighted by Gasteiger charge is -2.32. The van der Waals surface area contributed by atoms with Gasteiger partial charge in [-0.3, -0.25) is 9.36 Å². The topological polar surface area (TPSA) is 71.2 Å². The molecule has 0 radical (unpaired) electrons. The van der Waals surface area contributed by atoms with Crippen LogP contribution in [0.25, 0.3) is 0 Å². The number of aromatic nitrogens is 3. The zero-order chi connectivity index (χ0) is 14.8. The molecular formula is C13H22N4O2S. The summed E-state index contributed by atoms with van der Waals surface area (Å²) in [5.74, 6) is 0.0666. The number of rotatable bonds is 6. The summed E-state index contributed by atoms with van der Waals surface area (Å²) in [6.45, 7) is 8.34. The molecule has 2 rings (SSSR count). The summed E-state index contributed by atoms with van der Waals surface area (Å²) in [6.07, 6.45) is 3.27. The summed E-state index contributed by atoms with van der Waals surface area (Å²) in [5, 5.41) is 18.0. The molecule has 20 heavy (non-hydrogen) atoms. The van der Waals surface area contributed by atoms with Crippen molar-refractivity contribution in [1.82, 2.24) is 14.8 Å². The molecule has 0 unspecified atom stereocenters. The standard InChI is InChI=1S/C13H22N4O2S/c1-4-7-16-11(17-8-5-6-13(17,2)3)14-15-12(16)20-9-10(18)19/h4-9H2,1-3H3,(H,18,19). The molecule has 1 saturated heterocycles. The molecule has 1 aromatic rings. The van der Waals surface area contributed by atoms with Crippen molar-refractivity contribution in [2.24, 2.45) is 0 Å². The van der Waals surface area contributed by atoms with Gasteiger partial charge in [0.1, 0.15) is 0 Å². The summed E-state index contributed by atoms with van der Waals surface area (Å²) in [4.78, 5) is 13.0. The van der Waals surface area contributed by atoms with E-state index in [1.54, 1.807) is 0 Å². The molecule has 1 N–H and O–H groups in total. The molecule has 0 aliphatic carbocycles. The van der Waals surface area contributed by atoms with Crippen LogP contribution < -0.4 is 4.90 Å². The molecule has 6 nitrogen and oxygen atoms in total. The van der Waals surface area contributed by atoms with Gasteiger partial charge in [-0.2, -0.15) is 0 Å². The van der Waals surface area contributed by atoms with E-state index >= 15 is 0 Å². The van der Waals surface area contributed by atoms with E-state index in [-0.39, 0.29) is 11.3 Å². The maximum absolute atomic E-state index is 10.7. The smallest absolute Gasteiger partial charge is 0.313 e. The molecule has 1 aliphatic heterocycles. The molecule has 0 atom stereocenters. The number of carbonyl (C=O) groups is 1. The molecule has 2 heterocycles. The summed E-state index contributed by atoms with van der Waals surface area (Å²) in [6, 6.07) is 0. The van der Waals surface area contributed by atoms with Gasteiger partial charge in [-0.1, -0.05) is 18.7 Å². The van der Waals surface area contributed by atoms with Crippen molar-refractivity contribution in [3.8, 4) is 0 Å². The molecule has 1 aliphatic rings. The maximum atomic E-state index is 10.7. The second-order valence-corrected chi connectivity index (χ2v) is 6.63. The Morgan fingerprint density at radius 3 is 2.75 bits per heavy atom. The van der Waals surface area contributed by atoms with E-state index < -0.39 is 5.97 Å². The van der Waals surface area contributed by atoms with Crippen molar-refractivity contribution in [3.05, 3.63) is 0 Å².